The van der Waals surface area contributed by atoms with Crippen molar-refractivity contribution in [3.05, 3.63) is 23.3 Å². The molecule has 1 aromatic carbocycles. The fourth-order valence-electron chi connectivity index (χ4n) is 9.70. The van der Waals surface area contributed by atoms with Crippen LogP contribution in [0.15, 0.2) is 12.1 Å². The highest BCUT2D eigenvalue weighted by Crippen LogP contribution is 2.64. The van der Waals surface area contributed by atoms with Gasteiger partial charge in [0.05, 0.1) is 13.7 Å². The second-order valence-corrected chi connectivity index (χ2v) is 19.4. The Kier molecular flexibility index (Phi) is 8.67. The summed E-state index contributed by atoms with van der Waals surface area (Å²) in [6, 6.07) is 4.73. The number of carbonyl (C=O) groups excluding carboxylic acids is 1. The molecule has 2 saturated carbocycles. The lowest BCUT2D eigenvalue weighted by Crippen LogP contribution is -2.50. The van der Waals surface area contributed by atoms with Crippen LogP contribution in [0.1, 0.15) is 111 Å². The quantitative estimate of drug-likeness (QED) is 0.231. The number of carbonyl (C=O) groups is 1. The first kappa shape index (κ1) is 29.5. The van der Waals surface area contributed by atoms with Gasteiger partial charge in [0.2, 0.25) is 0 Å². The van der Waals surface area contributed by atoms with Gasteiger partial charge in [-0.25, -0.2) is 0 Å². The van der Waals surface area contributed by atoms with Gasteiger partial charge < -0.3 is 13.9 Å². The Morgan fingerprint density at radius 3 is 2.21 bits per heavy atom. The summed E-state index contributed by atoms with van der Waals surface area (Å²) < 4.78 is 18.6. The zero-order chi connectivity index (χ0) is 28.0. The molecule has 1 aromatic rings. The summed E-state index contributed by atoms with van der Waals surface area (Å²) in [6.45, 7) is 21.0. The molecule has 0 radical (unpaired) electrons. The van der Waals surface area contributed by atoms with E-state index in [9.17, 15) is 4.79 Å². The van der Waals surface area contributed by atoms with Gasteiger partial charge in [-0.05, 0) is 113 Å². The van der Waals surface area contributed by atoms with Gasteiger partial charge in [0.1, 0.15) is 5.75 Å². The molecule has 0 aromatic heterocycles. The number of benzene rings is 1. The average Bonchev–Trinajstić information content (AvgIpc) is 3.21. The van der Waals surface area contributed by atoms with Crippen molar-refractivity contribution in [1.29, 1.82) is 0 Å². The van der Waals surface area contributed by atoms with Crippen molar-refractivity contribution in [1.82, 2.24) is 0 Å². The Balaban J connectivity index is 1.61. The fourth-order valence-corrected chi connectivity index (χ4v) is 14.9. The van der Waals surface area contributed by atoms with Crippen LogP contribution in [-0.4, -0.2) is 28.0 Å². The van der Waals surface area contributed by atoms with Gasteiger partial charge in [-0.2, -0.15) is 0 Å². The fraction of sp³-hybridized carbons (Fsp3) is 0.788. The van der Waals surface area contributed by atoms with Crippen molar-refractivity contribution < 1.29 is 18.7 Å². The lowest BCUT2D eigenvalue weighted by Gasteiger charge is -2.52. The maximum atomic E-state index is 11.4. The Bertz CT molecular complexity index is 979. The van der Waals surface area contributed by atoms with Gasteiger partial charge in [0, 0.05) is 6.92 Å². The van der Waals surface area contributed by atoms with E-state index in [0.717, 1.165) is 29.8 Å². The third-order valence-electron chi connectivity index (χ3n) is 11.3. The van der Waals surface area contributed by atoms with Crippen LogP contribution >= 0.6 is 0 Å². The number of rotatable bonds is 9. The van der Waals surface area contributed by atoms with E-state index in [4.69, 9.17) is 13.9 Å². The summed E-state index contributed by atoms with van der Waals surface area (Å²) >= 11 is 0. The SMILES string of the molecule is COc1cc2c(cc1O[Si](C(C)C)(C(C)C)C(C)C)CC[C@@H]1[C@@H]2CC[C@]2(C)[C@@H](C(C)COC(C)=O)CC[C@@H]12. The Hall–Kier alpha value is -1.49. The molecule has 4 nitrogen and oxygen atoms in total. The molecule has 0 heterocycles. The molecular formula is C33H54O4Si. The first-order valence-electron chi connectivity index (χ1n) is 15.4. The molecular weight excluding hydrogens is 488 g/mol. The van der Waals surface area contributed by atoms with Gasteiger partial charge in [-0.3, -0.25) is 4.79 Å². The number of hydrogen-bond acceptors (Lipinski definition) is 4. The van der Waals surface area contributed by atoms with Crippen LogP contribution in [0.3, 0.4) is 0 Å². The summed E-state index contributed by atoms with van der Waals surface area (Å²) in [6.07, 6.45) is 7.49. The summed E-state index contributed by atoms with van der Waals surface area (Å²) in [5, 5.41) is 0. The van der Waals surface area contributed by atoms with Crippen molar-refractivity contribution in [2.75, 3.05) is 13.7 Å². The van der Waals surface area contributed by atoms with E-state index >= 15 is 0 Å². The second kappa shape index (κ2) is 11.2. The lowest BCUT2D eigenvalue weighted by molar-refractivity contribution is -0.143. The topological polar surface area (TPSA) is 44.8 Å². The molecule has 0 N–H and O–H groups in total. The van der Waals surface area contributed by atoms with E-state index in [1.54, 1.807) is 0 Å². The third kappa shape index (κ3) is 4.95. The van der Waals surface area contributed by atoms with Crippen LogP contribution in [0.2, 0.25) is 16.6 Å². The minimum atomic E-state index is -2.07. The van der Waals surface area contributed by atoms with Crippen LogP contribution in [0.4, 0.5) is 0 Å². The summed E-state index contributed by atoms with van der Waals surface area (Å²) in [4.78, 5) is 11.4. The number of ether oxygens (including phenoxy) is 2. The molecule has 38 heavy (non-hydrogen) atoms. The van der Waals surface area contributed by atoms with Crippen molar-refractivity contribution in [2.45, 2.75) is 123 Å². The molecule has 4 rings (SSSR count). The maximum Gasteiger partial charge on any atom is 0.302 e. The van der Waals surface area contributed by atoms with Crippen molar-refractivity contribution >= 4 is 14.3 Å². The van der Waals surface area contributed by atoms with Crippen LogP contribution < -0.4 is 9.16 Å². The maximum absolute atomic E-state index is 11.4. The Morgan fingerprint density at radius 2 is 1.63 bits per heavy atom. The monoisotopic (exact) mass is 542 g/mol. The minimum Gasteiger partial charge on any atom is -0.540 e. The number of hydrogen-bond donors (Lipinski definition) is 0. The van der Waals surface area contributed by atoms with E-state index in [-0.39, 0.29) is 5.97 Å². The number of aryl methyl sites for hydroxylation is 1. The number of methoxy groups -OCH3 is 1. The Labute approximate surface area is 233 Å². The van der Waals surface area contributed by atoms with Crippen LogP contribution in [-0.2, 0) is 16.0 Å². The lowest BCUT2D eigenvalue weighted by atomic mass is 9.53. The standard InChI is InChI=1S/C33H54O4Si/c1-20(2)38(21(3)4,22(5)6)37-32-17-25-11-12-27-26(28(25)18-31(32)35-10)15-16-33(9)29(13-14-30(27)33)23(7)19-36-24(8)34/h17-18,20-23,26-27,29-30H,11-16,19H2,1-10H3/t23?,26-,27+,29+,30-,33+/m0/s1. The van der Waals surface area contributed by atoms with Gasteiger partial charge in [0.25, 0.3) is 8.32 Å². The molecule has 6 atom stereocenters. The van der Waals surface area contributed by atoms with Crippen LogP contribution in [0, 0.1) is 29.1 Å². The van der Waals surface area contributed by atoms with Crippen LogP contribution in [0.5, 0.6) is 11.5 Å². The Morgan fingerprint density at radius 1 is 0.974 bits per heavy atom. The molecule has 5 heteroatoms. The zero-order valence-corrected chi connectivity index (χ0v) is 26.9. The summed E-state index contributed by atoms with van der Waals surface area (Å²) in [5.74, 6) is 4.92. The highest BCUT2D eigenvalue weighted by Gasteiger charge is 2.56. The van der Waals surface area contributed by atoms with E-state index in [1.807, 2.05) is 7.11 Å². The normalized spacial score (nSPS) is 29.6. The molecule has 2 fully saturated rings. The van der Waals surface area contributed by atoms with Crippen molar-refractivity contribution in [3.63, 3.8) is 0 Å². The molecule has 3 aliphatic carbocycles. The number of esters is 1. The van der Waals surface area contributed by atoms with Gasteiger partial charge in [-0.1, -0.05) is 55.4 Å². The van der Waals surface area contributed by atoms with Gasteiger partial charge >= 0.3 is 5.97 Å². The molecule has 3 aliphatic rings. The van der Waals surface area contributed by atoms with Gasteiger partial charge in [0.15, 0.2) is 5.75 Å². The van der Waals surface area contributed by atoms with Crippen molar-refractivity contribution in [2.24, 2.45) is 29.1 Å². The summed E-state index contributed by atoms with van der Waals surface area (Å²) in [7, 11) is -0.260. The predicted molar refractivity (Wildman–Crippen MR) is 159 cm³/mol. The summed E-state index contributed by atoms with van der Waals surface area (Å²) in [5.41, 5.74) is 4.95. The highest BCUT2D eigenvalue weighted by molar-refractivity contribution is 6.78. The molecule has 0 spiro atoms. The predicted octanol–water partition coefficient (Wildman–Crippen LogP) is 8.92. The smallest absolute Gasteiger partial charge is 0.302 e. The van der Waals surface area contributed by atoms with Crippen LogP contribution in [0.25, 0.3) is 0 Å². The minimum absolute atomic E-state index is 0.156. The van der Waals surface area contributed by atoms with E-state index < -0.39 is 8.32 Å². The first-order valence-corrected chi connectivity index (χ1v) is 17.5. The van der Waals surface area contributed by atoms with E-state index in [0.29, 0.717) is 46.4 Å². The van der Waals surface area contributed by atoms with Gasteiger partial charge in [-0.15, -0.1) is 0 Å². The van der Waals surface area contributed by atoms with Crippen molar-refractivity contribution in [3.8, 4) is 11.5 Å². The van der Waals surface area contributed by atoms with E-state index in [2.05, 4.69) is 67.5 Å². The second-order valence-electron chi connectivity index (χ2n) is 14.0. The molecule has 0 saturated heterocycles. The molecule has 0 aliphatic heterocycles. The largest absolute Gasteiger partial charge is 0.540 e. The first-order chi connectivity index (χ1) is 17.9. The zero-order valence-electron chi connectivity index (χ0n) is 25.9. The highest BCUT2D eigenvalue weighted by atomic mass is 28.4. The number of fused-ring (bicyclic) bond motifs is 5. The average molecular weight is 543 g/mol. The molecule has 1 unspecified atom stereocenters. The molecule has 214 valence electrons. The third-order valence-corrected chi connectivity index (χ3v) is 17.3. The molecule has 0 amide bonds. The molecule has 0 bridgehead atoms. The van der Waals surface area contributed by atoms with E-state index in [1.165, 1.54) is 50.2 Å².